The summed E-state index contributed by atoms with van der Waals surface area (Å²) in [5.41, 5.74) is 1.41. The second kappa shape index (κ2) is 8.19. The van der Waals surface area contributed by atoms with Crippen molar-refractivity contribution in [1.29, 1.82) is 0 Å². The van der Waals surface area contributed by atoms with Gasteiger partial charge in [0.2, 0.25) is 0 Å². The van der Waals surface area contributed by atoms with Gasteiger partial charge in [0.1, 0.15) is 6.29 Å². The number of Topliss-reactive ketones (excluding diaryl/α,β-unsaturated/α-hetero) is 1. The standard InChI is InChI=1S/C19H20O6/c1-22-16-6-5-12(8-17(16)23-2)15(21)7-13-9-18(24-3)19(25-4)10-14(13)11-20/h5-6,8-11H,7H2,1-4H3. The van der Waals surface area contributed by atoms with Crippen molar-refractivity contribution in [3.05, 3.63) is 47.0 Å². The van der Waals surface area contributed by atoms with Crippen LogP contribution in [0.1, 0.15) is 26.3 Å². The molecule has 0 aliphatic carbocycles. The number of methoxy groups -OCH3 is 4. The molecule has 0 aliphatic heterocycles. The number of aldehydes is 1. The van der Waals surface area contributed by atoms with Crippen molar-refractivity contribution in [2.75, 3.05) is 28.4 Å². The number of rotatable bonds is 8. The van der Waals surface area contributed by atoms with Crippen molar-refractivity contribution in [1.82, 2.24) is 0 Å². The second-order valence-corrected chi connectivity index (χ2v) is 5.19. The SMILES string of the molecule is COc1ccc(C(=O)Cc2cc(OC)c(OC)cc2C=O)cc1OC. The first-order valence-electron chi connectivity index (χ1n) is 7.53. The molecular formula is C19H20O6. The maximum Gasteiger partial charge on any atom is 0.167 e. The summed E-state index contributed by atoms with van der Waals surface area (Å²) in [5, 5.41) is 0. The van der Waals surface area contributed by atoms with Crippen molar-refractivity contribution in [2.45, 2.75) is 6.42 Å². The summed E-state index contributed by atoms with van der Waals surface area (Å²) in [6, 6.07) is 8.14. The molecule has 0 heterocycles. The highest BCUT2D eigenvalue weighted by atomic mass is 16.5. The van der Waals surface area contributed by atoms with Gasteiger partial charge in [0, 0.05) is 17.5 Å². The summed E-state index contributed by atoms with van der Waals surface area (Å²) in [6.45, 7) is 0. The first-order chi connectivity index (χ1) is 12.1. The van der Waals surface area contributed by atoms with Crippen LogP contribution in [-0.2, 0) is 6.42 Å². The Morgan fingerprint density at radius 1 is 0.840 bits per heavy atom. The Hall–Kier alpha value is -3.02. The van der Waals surface area contributed by atoms with E-state index in [0.29, 0.717) is 46.0 Å². The van der Waals surface area contributed by atoms with E-state index in [0.717, 1.165) is 0 Å². The fourth-order valence-electron chi connectivity index (χ4n) is 2.48. The van der Waals surface area contributed by atoms with Crippen molar-refractivity contribution in [3.8, 4) is 23.0 Å². The molecule has 0 amide bonds. The minimum Gasteiger partial charge on any atom is -0.493 e. The van der Waals surface area contributed by atoms with Gasteiger partial charge in [0.25, 0.3) is 0 Å². The number of hydrogen-bond acceptors (Lipinski definition) is 6. The Bertz CT molecular complexity index is 782. The third-order valence-electron chi connectivity index (χ3n) is 3.83. The molecule has 6 heteroatoms. The summed E-state index contributed by atoms with van der Waals surface area (Å²) in [7, 11) is 6.02. The number of benzene rings is 2. The summed E-state index contributed by atoms with van der Waals surface area (Å²) in [6.07, 6.45) is 0.739. The van der Waals surface area contributed by atoms with Gasteiger partial charge in [-0.2, -0.15) is 0 Å². The Labute approximate surface area is 146 Å². The fourth-order valence-corrected chi connectivity index (χ4v) is 2.48. The predicted octanol–water partition coefficient (Wildman–Crippen LogP) is 2.96. The normalized spacial score (nSPS) is 10.1. The smallest absolute Gasteiger partial charge is 0.167 e. The number of carbonyl (C=O) groups excluding carboxylic acids is 2. The van der Waals surface area contributed by atoms with Gasteiger partial charge in [0.15, 0.2) is 28.8 Å². The van der Waals surface area contributed by atoms with Crippen LogP contribution in [0.3, 0.4) is 0 Å². The van der Waals surface area contributed by atoms with Gasteiger partial charge in [-0.15, -0.1) is 0 Å². The van der Waals surface area contributed by atoms with Gasteiger partial charge in [-0.05, 0) is 35.9 Å². The van der Waals surface area contributed by atoms with E-state index in [1.165, 1.54) is 28.4 Å². The van der Waals surface area contributed by atoms with Crippen LogP contribution >= 0.6 is 0 Å². The van der Waals surface area contributed by atoms with E-state index < -0.39 is 0 Å². The molecule has 0 unspecified atom stereocenters. The monoisotopic (exact) mass is 344 g/mol. The van der Waals surface area contributed by atoms with E-state index in [-0.39, 0.29) is 12.2 Å². The molecule has 0 spiro atoms. The Kier molecular flexibility index (Phi) is 6.00. The Balaban J connectivity index is 2.35. The number of carbonyl (C=O) groups is 2. The highest BCUT2D eigenvalue weighted by Gasteiger charge is 2.16. The first kappa shape index (κ1) is 18.3. The zero-order valence-electron chi connectivity index (χ0n) is 14.6. The van der Waals surface area contributed by atoms with E-state index in [9.17, 15) is 9.59 Å². The molecule has 2 aromatic rings. The lowest BCUT2D eigenvalue weighted by Gasteiger charge is -2.12. The van der Waals surface area contributed by atoms with Crippen molar-refractivity contribution >= 4 is 12.1 Å². The van der Waals surface area contributed by atoms with Crippen LogP contribution < -0.4 is 18.9 Å². The lowest BCUT2D eigenvalue weighted by molar-refractivity contribution is 0.0992. The molecule has 0 fully saturated rings. The molecule has 0 saturated carbocycles. The first-order valence-corrected chi connectivity index (χ1v) is 7.53. The lowest BCUT2D eigenvalue weighted by Crippen LogP contribution is -2.07. The van der Waals surface area contributed by atoms with E-state index in [1.54, 1.807) is 30.3 Å². The maximum atomic E-state index is 12.6. The molecule has 25 heavy (non-hydrogen) atoms. The van der Waals surface area contributed by atoms with Crippen LogP contribution in [0.4, 0.5) is 0 Å². The Morgan fingerprint density at radius 2 is 1.40 bits per heavy atom. The number of hydrogen-bond donors (Lipinski definition) is 0. The molecule has 0 N–H and O–H groups in total. The molecule has 6 nitrogen and oxygen atoms in total. The molecule has 0 aromatic heterocycles. The van der Waals surface area contributed by atoms with Crippen molar-refractivity contribution in [2.24, 2.45) is 0 Å². The van der Waals surface area contributed by atoms with Crippen LogP contribution in [0, 0.1) is 0 Å². The van der Waals surface area contributed by atoms with E-state index in [2.05, 4.69) is 0 Å². The van der Waals surface area contributed by atoms with Gasteiger partial charge < -0.3 is 18.9 Å². The quantitative estimate of drug-likeness (QED) is 0.542. The largest absolute Gasteiger partial charge is 0.493 e. The average Bonchev–Trinajstić information content (AvgIpc) is 2.66. The molecule has 2 rings (SSSR count). The zero-order valence-corrected chi connectivity index (χ0v) is 14.6. The molecule has 0 aliphatic rings. The summed E-state index contributed by atoms with van der Waals surface area (Å²) < 4.78 is 20.8. The summed E-state index contributed by atoms with van der Waals surface area (Å²) >= 11 is 0. The molecule has 132 valence electrons. The van der Waals surface area contributed by atoms with Crippen LogP contribution in [0.2, 0.25) is 0 Å². The number of ether oxygens (including phenoxy) is 4. The van der Waals surface area contributed by atoms with Gasteiger partial charge in [0.05, 0.1) is 28.4 Å². The number of ketones is 1. The molecule has 2 aromatic carbocycles. The van der Waals surface area contributed by atoms with E-state index >= 15 is 0 Å². The van der Waals surface area contributed by atoms with Crippen molar-refractivity contribution in [3.63, 3.8) is 0 Å². The highest BCUT2D eigenvalue weighted by molar-refractivity contribution is 5.99. The summed E-state index contributed by atoms with van der Waals surface area (Å²) in [4.78, 5) is 24.0. The molecule has 0 saturated heterocycles. The molecule has 0 bridgehead atoms. The Morgan fingerprint density at radius 3 is 1.96 bits per heavy atom. The molecular weight excluding hydrogens is 324 g/mol. The second-order valence-electron chi connectivity index (χ2n) is 5.19. The van der Waals surface area contributed by atoms with Gasteiger partial charge in [-0.1, -0.05) is 0 Å². The van der Waals surface area contributed by atoms with Gasteiger partial charge in [-0.25, -0.2) is 0 Å². The predicted molar refractivity (Wildman–Crippen MR) is 92.5 cm³/mol. The van der Waals surface area contributed by atoms with Crippen LogP contribution in [-0.4, -0.2) is 40.5 Å². The average molecular weight is 344 g/mol. The van der Waals surface area contributed by atoms with Crippen molar-refractivity contribution < 1.29 is 28.5 Å². The fraction of sp³-hybridized carbons (Fsp3) is 0.263. The molecule has 0 atom stereocenters. The minimum atomic E-state index is -0.156. The minimum absolute atomic E-state index is 0.0455. The van der Waals surface area contributed by atoms with Crippen LogP contribution in [0.25, 0.3) is 0 Å². The van der Waals surface area contributed by atoms with Gasteiger partial charge in [-0.3, -0.25) is 9.59 Å². The zero-order chi connectivity index (χ0) is 18.4. The molecule has 0 radical (unpaired) electrons. The lowest BCUT2D eigenvalue weighted by atomic mass is 9.98. The maximum absolute atomic E-state index is 12.6. The van der Waals surface area contributed by atoms with Crippen LogP contribution in [0.5, 0.6) is 23.0 Å². The van der Waals surface area contributed by atoms with E-state index in [1.807, 2.05) is 0 Å². The van der Waals surface area contributed by atoms with Gasteiger partial charge >= 0.3 is 0 Å². The highest BCUT2D eigenvalue weighted by Crippen LogP contribution is 2.31. The summed E-state index contributed by atoms with van der Waals surface area (Å²) in [5.74, 6) is 1.75. The van der Waals surface area contributed by atoms with E-state index in [4.69, 9.17) is 18.9 Å². The van der Waals surface area contributed by atoms with Crippen LogP contribution in [0.15, 0.2) is 30.3 Å². The third kappa shape index (κ3) is 3.91. The topological polar surface area (TPSA) is 71.1 Å². The third-order valence-corrected chi connectivity index (χ3v) is 3.83.